The highest BCUT2D eigenvalue weighted by Gasteiger charge is 2.52. The summed E-state index contributed by atoms with van der Waals surface area (Å²) in [5.41, 5.74) is 0.750. The van der Waals surface area contributed by atoms with Crippen LogP contribution in [0.3, 0.4) is 0 Å². The highest BCUT2D eigenvalue weighted by Crippen LogP contribution is 2.37. The van der Waals surface area contributed by atoms with Gasteiger partial charge in [-0.05, 0) is 53.2 Å². The van der Waals surface area contributed by atoms with E-state index in [9.17, 15) is 4.79 Å². The van der Waals surface area contributed by atoms with Gasteiger partial charge in [0, 0.05) is 5.46 Å². The largest absolute Gasteiger partial charge is 0.498 e. The molecule has 0 aliphatic carbocycles. The molecule has 0 aromatic heterocycles. The number of carbonyl (C=O) groups excluding carboxylic acids is 1. The minimum Gasteiger partial charge on any atom is -0.497 e. The molecule has 0 spiro atoms. The van der Waals surface area contributed by atoms with Crippen LogP contribution in [0, 0.1) is 0 Å². The third-order valence-corrected chi connectivity index (χ3v) is 4.90. The lowest BCUT2D eigenvalue weighted by Crippen LogP contribution is -2.41. The van der Waals surface area contributed by atoms with Gasteiger partial charge in [-0.25, -0.2) is 0 Å². The van der Waals surface area contributed by atoms with Gasteiger partial charge < -0.3 is 18.8 Å². The fourth-order valence-electron chi connectivity index (χ4n) is 2.58. The van der Waals surface area contributed by atoms with Crippen molar-refractivity contribution in [2.45, 2.75) is 58.7 Å². The number of rotatable bonds is 5. The third kappa shape index (κ3) is 3.45. The lowest BCUT2D eigenvalue weighted by Gasteiger charge is -2.32. The first-order valence-electron chi connectivity index (χ1n) is 8.33. The number of ether oxygens (including phenoxy) is 2. The van der Waals surface area contributed by atoms with E-state index in [0.717, 1.165) is 11.0 Å². The first-order chi connectivity index (χ1) is 11.1. The molecule has 1 aliphatic heterocycles. The van der Waals surface area contributed by atoms with E-state index in [1.807, 2.05) is 52.8 Å². The summed E-state index contributed by atoms with van der Waals surface area (Å²) in [6.07, 6.45) is 0. The van der Waals surface area contributed by atoms with E-state index in [2.05, 4.69) is 0 Å². The van der Waals surface area contributed by atoms with Gasteiger partial charge in [0.1, 0.15) is 5.75 Å². The third-order valence-electron chi connectivity index (χ3n) is 4.90. The molecule has 6 heteroatoms. The maximum atomic E-state index is 12.0. The number of hydrogen-bond acceptors (Lipinski definition) is 5. The van der Waals surface area contributed by atoms with E-state index in [1.54, 1.807) is 14.0 Å². The number of hydrogen-bond donors (Lipinski definition) is 0. The van der Waals surface area contributed by atoms with Crippen molar-refractivity contribution in [3.63, 3.8) is 0 Å². The topological polar surface area (TPSA) is 54.0 Å². The standard InChI is InChI=1S/C18H27BO5/c1-8-22-16(20)12(2)13-9-10-15(21-7)14(11-13)19-23-17(3,4)18(5,6)24-19/h9-12H,8H2,1-7H3. The summed E-state index contributed by atoms with van der Waals surface area (Å²) in [5, 5.41) is 0. The van der Waals surface area contributed by atoms with E-state index in [0.29, 0.717) is 12.4 Å². The molecule has 1 unspecified atom stereocenters. The number of benzene rings is 1. The quantitative estimate of drug-likeness (QED) is 0.612. The molecular formula is C18H27BO5. The maximum Gasteiger partial charge on any atom is 0.498 e. The lowest BCUT2D eigenvalue weighted by atomic mass is 9.76. The van der Waals surface area contributed by atoms with Gasteiger partial charge in [-0.1, -0.05) is 12.1 Å². The van der Waals surface area contributed by atoms with Gasteiger partial charge in [0.05, 0.1) is 30.8 Å². The second kappa shape index (κ2) is 6.77. The van der Waals surface area contributed by atoms with E-state index in [1.165, 1.54) is 0 Å². The number of carbonyl (C=O) groups is 1. The van der Waals surface area contributed by atoms with E-state index < -0.39 is 18.3 Å². The number of methoxy groups -OCH3 is 1. The molecule has 132 valence electrons. The monoisotopic (exact) mass is 334 g/mol. The molecule has 1 heterocycles. The zero-order valence-electron chi connectivity index (χ0n) is 15.6. The molecule has 0 saturated carbocycles. The molecule has 0 bridgehead atoms. The zero-order valence-corrected chi connectivity index (χ0v) is 15.6. The van der Waals surface area contributed by atoms with Crippen LogP contribution in [0.25, 0.3) is 0 Å². The molecule has 1 fully saturated rings. The molecule has 2 rings (SSSR count). The van der Waals surface area contributed by atoms with Gasteiger partial charge in [-0.3, -0.25) is 4.79 Å². The van der Waals surface area contributed by atoms with Crippen molar-refractivity contribution >= 4 is 18.6 Å². The summed E-state index contributed by atoms with van der Waals surface area (Å²) >= 11 is 0. The highest BCUT2D eigenvalue weighted by atomic mass is 16.7. The Kier molecular flexibility index (Phi) is 5.30. The summed E-state index contributed by atoms with van der Waals surface area (Å²) in [7, 11) is 1.07. The molecule has 1 aromatic rings. The Hall–Kier alpha value is -1.53. The van der Waals surface area contributed by atoms with Crippen molar-refractivity contribution < 1.29 is 23.6 Å². The molecular weight excluding hydrogens is 307 g/mol. The van der Waals surface area contributed by atoms with Crippen molar-refractivity contribution in [3.05, 3.63) is 23.8 Å². The maximum absolute atomic E-state index is 12.0. The lowest BCUT2D eigenvalue weighted by molar-refractivity contribution is -0.144. The fourth-order valence-corrected chi connectivity index (χ4v) is 2.58. The van der Waals surface area contributed by atoms with Gasteiger partial charge in [0.2, 0.25) is 0 Å². The number of esters is 1. The van der Waals surface area contributed by atoms with Crippen LogP contribution < -0.4 is 10.2 Å². The molecule has 24 heavy (non-hydrogen) atoms. The Morgan fingerprint density at radius 1 is 1.21 bits per heavy atom. The fraction of sp³-hybridized carbons (Fsp3) is 0.611. The van der Waals surface area contributed by atoms with E-state index in [-0.39, 0.29) is 11.9 Å². The molecule has 5 nitrogen and oxygen atoms in total. The van der Waals surface area contributed by atoms with Crippen LogP contribution in [0.4, 0.5) is 0 Å². The minimum atomic E-state index is -0.542. The molecule has 1 atom stereocenters. The van der Waals surface area contributed by atoms with Gasteiger partial charge >= 0.3 is 13.1 Å². The predicted octanol–water partition coefficient (Wildman–Crippen LogP) is 2.66. The average Bonchev–Trinajstić information content (AvgIpc) is 2.74. The molecule has 0 N–H and O–H groups in total. The Balaban J connectivity index is 2.36. The Morgan fingerprint density at radius 3 is 2.29 bits per heavy atom. The van der Waals surface area contributed by atoms with Crippen molar-refractivity contribution in [1.29, 1.82) is 0 Å². The van der Waals surface area contributed by atoms with Crippen LogP contribution in [0.15, 0.2) is 18.2 Å². The van der Waals surface area contributed by atoms with E-state index in [4.69, 9.17) is 18.8 Å². The van der Waals surface area contributed by atoms with Crippen LogP contribution in [-0.2, 0) is 18.8 Å². The smallest absolute Gasteiger partial charge is 0.497 e. The summed E-state index contributed by atoms with van der Waals surface area (Å²) in [5.74, 6) is 0.0628. The predicted molar refractivity (Wildman–Crippen MR) is 93.8 cm³/mol. The van der Waals surface area contributed by atoms with Gasteiger partial charge in [-0.15, -0.1) is 0 Å². The SMILES string of the molecule is CCOC(=O)C(C)c1ccc(OC)c(B2OC(C)(C)C(C)(C)O2)c1. The summed E-state index contributed by atoms with van der Waals surface area (Å²) in [4.78, 5) is 12.0. The van der Waals surface area contributed by atoms with Crippen molar-refractivity contribution in [2.24, 2.45) is 0 Å². The molecule has 0 radical (unpaired) electrons. The summed E-state index contributed by atoms with van der Waals surface area (Å²) in [6.45, 7) is 12.0. The van der Waals surface area contributed by atoms with Crippen LogP contribution in [0.2, 0.25) is 0 Å². The molecule has 1 saturated heterocycles. The molecule has 0 amide bonds. The van der Waals surface area contributed by atoms with E-state index >= 15 is 0 Å². The van der Waals surface area contributed by atoms with Crippen LogP contribution in [0.1, 0.15) is 53.0 Å². The summed E-state index contributed by atoms with van der Waals surface area (Å²) < 4.78 is 22.8. The zero-order chi connectivity index (χ0) is 18.1. The second-order valence-electron chi connectivity index (χ2n) is 7.06. The second-order valence-corrected chi connectivity index (χ2v) is 7.06. The highest BCUT2D eigenvalue weighted by molar-refractivity contribution is 6.63. The summed E-state index contributed by atoms with van der Waals surface area (Å²) in [6, 6.07) is 5.61. The molecule has 1 aliphatic rings. The first-order valence-corrected chi connectivity index (χ1v) is 8.33. The minimum absolute atomic E-state index is 0.248. The van der Waals surface area contributed by atoms with Crippen molar-refractivity contribution in [1.82, 2.24) is 0 Å². The Bertz CT molecular complexity index is 595. The Morgan fingerprint density at radius 2 is 1.79 bits per heavy atom. The van der Waals surface area contributed by atoms with Crippen LogP contribution >= 0.6 is 0 Å². The van der Waals surface area contributed by atoms with Crippen LogP contribution in [-0.4, -0.2) is 38.0 Å². The molecule has 1 aromatic carbocycles. The van der Waals surface area contributed by atoms with Crippen LogP contribution in [0.5, 0.6) is 5.75 Å². The average molecular weight is 334 g/mol. The normalized spacial score (nSPS) is 19.9. The van der Waals surface area contributed by atoms with Gasteiger partial charge in [-0.2, -0.15) is 0 Å². The Labute approximate surface area is 144 Å². The van der Waals surface area contributed by atoms with Gasteiger partial charge in [0.15, 0.2) is 0 Å². The first kappa shape index (κ1) is 18.8. The van der Waals surface area contributed by atoms with Crippen molar-refractivity contribution in [3.8, 4) is 5.75 Å². The van der Waals surface area contributed by atoms with Gasteiger partial charge in [0.25, 0.3) is 0 Å². The van der Waals surface area contributed by atoms with Crippen molar-refractivity contribution in [2.75, 3.05) is 13.7 Å².